The first-order valence-electron chi connectivity index (χ1n) is 7.29. The summed E-state index contributed by atoms with van der Waals surface area (Å²) in [6, 6.07) is 12.9. The zero-order valence-electron chi connectivity index (χ0n) is 12.1. The van der Waals surface area contributed by atoms with Gasteiger partial charge in [-0.25, -0.2) is 4.98 Å². The summed E-state index contributed by atoms with van der Waals surface area (Å²) < 4.78 is 1.71. The summed E-state index contributed by atoms with van der Waals surface area (Å²) in [4.78, 5) is 17.3. The van der Waals surface area contributed by atoms with Crippen molar-refractivity contribution >= 4 is 45.8 Å². The van der Waals surface area contributed by atoms with Crippen LogP contribution in [-0.2, 0) is 6.54 Å². The molecule has 0 radical (unpaired) electrons. The quantitative estimate of drug-likeness (QED) is 0.645. The topological polar surface area (TPSA) is 34.9 Å². The van der Waals surface area contributed by atoms with Gasteiger partial charge in [0.2, 0.25) is 0 Å². The lowest BCUT2D eigenvalue weighted by Crippen LogP contribution is -2.20. The lowest BCUT2D eigenvalue weighted by atomic mass is 10.1. The van der Waals surface area contributed by atoms with E-state index < -0.39 is 0 Å². The molecule has 1 aromatic heterocycles. The van der Waals surface area contributed by atoms with Crippen LogP contribution >= 0.6 is 23.2 Å². The van der Waals surface area contributed by atoms with Gasteiger partial charge in [-0.2, -0.15) is 0 Å². The maximum Gasteiger partial charge on any atom is 0.261 e. The van der Waals surface area contributed by atoms with Gasteiger partial charge in [0, 0.05) is 16.6 Å². The fourth-order valence-electron chi connectivity index (χ4n) is 2.91. The Morgan fingerprint density at radius 2 is 1.96 bits per heavy atom. The molecule has 5 heteroatoms. The number of hydrogen-bond acceptors (Lipinski definition) is 2. The Balaban J connectivity index is 1.93. The van der Waals surface area contributed by atoms with Gasteiger partial charge in [0.05, 0.1) is 10.9 Å². The summed E-state index contributed by atoms with van der Waals surface area (Å²) in [5, 5.41) is 1.79. The molecule has 4 rings (SSSR count). The van der Waals surface area contributed by atoms with Gasteiger partial charge in [0.15, 0.2) is 0 Å². The van der Waals surface area contributed by atoms with Crippen LogP contribution in [0, 0.1) is 0 Å². The molecule has 3 nitrogen and oxygen atoms in total. The van der Waals surface area contributed by atoms with Crippen LogP contribution in [0.5, 0.6) is 0 Å². The third kappa shape index (κ3) is 2.46. The largest absolute Gasteiger partial charge is 0.292 e. The van der Waals surface area contributed by atoms with E-state index in [4.69, 9.17) is 23.2 Å². The molecule has 0 unspecified atom stereocenters. The standard InChI is InChI=1S/C18H12Cl2N2O/c19-13-5-6-16-14(10-13)18(23)22-8-7-12(17(22)21-16)9-11-3-1-2-4-15(11)20/h1-6,9-10H,7-8H2/b12-9-. The van der Waals surface area contributed by atoms with Crippen molar-refractivity contribution in [1.82, 2.24) is 9.55 Å². The second-order valence-corrected chi connectivity index (χ2v) is 6.34. The average molecular weight is 343 g/mol. The number of hydrogen-bond donors (Lipinski definition) is 0. The van der Waals surface area contributed by atoms with Crippen molar-refractivity contribution in [1.29, 1.82) is 0 Å². The highest BCUT2D eigenvalue weighted by Crippen LogP contribution is 2.29. The molecule has 114 valence electrons. The predicted molar refractivity (Wildman–Crippen MR) is 95.0 cm³/mol. The molecule has 3 aromatic rings. The van der Waals surface area contributed by atoms with E-state index in [9.17, 15) is 4.79 Å². The second-order valence-electron chi connectivity index (χ2n) is 5.49. The van der Waals surface area contributed by atoms with Gasteiger partial charge in [-0.05, 0) is 47.9 Å². The highest BCUT2D eigenvalue weighted by atomic mass is 35.5. The van der Waals surface area contributed by atoms with Crippen molar-refractivity contribution in [3.63, 3.8) is 0 Å². The molecule has 2 heterocycles. The SMILES string of the molecule is O=c1c2cc(Cl)ccc2nc2n1CC/C2=C/c1ccccc1Cl. The molecule has 0 spiro atoms. The van der Waals surface area contributed by atoms with Crippen LogP contribution in [0.2, 0.25) is 10.0 Å². The number of halogens is 2. The Morgan fingerprint density at radius 3 is 2.78 bits per heavy atom. The monoisotopic (exact) mass is 342 g/mol. The van der Waals surface area contributed by atoms with Crippen molar-refractivity contribution in [3.8, 4) is 0 Å². The van der Waals surface area contributed by atoms with E-state index in [0.29, 0.717) is 33.3 Å². The van der Waals surface area contributed by atoms with E-state index in [2.05, 4.69) is 4.98 Å². The molecule has 0 saturated heterocycles. The minimum Gasteiger partial charge on any atom is -0.292 e. The minimum absolute atomic E-state index is 0.0462. The first-order valence-corrected chi connectivity index (χ1v) is 8.04. The molecule has 0 N–H and O–H groups in total. The van der Waals surface area contributed by atoms with Crippen molar-refractivity contribution in [2.75, 3.05) is 0 Å². The van der Waals surface area contributed by atoms with Crippen molar-refractivity contribution in [3.05, 3.63) is 74.3 Å². The Morgan fingerprint density at radius 1 is 1.13 bits per heavy atom. The van der Waals surface area contributed by atoms with Crippen molar-refractivity contribution in [2.24, 2.45) is 0 Å². The first kappa shape index (κ1) is 14.5. The maximum absolute atomic E-state index is 12.6. The molecule has 1 aliphatic heterocycles. The van der Waals surface area contributed by atoms with E-state index >= 15 is 0 Å². The van der Waals surface area contributed by atoms with Gasteiger partial charge in [-0.1, -0.05) is 41.4 Å². The lowest BCUT2D eigenvalue weighted by molar-refractivity contribution is 0.725. The molecule has 0 fully saturated rings. The molecule has 1 aliphatic rings. The van der Waals surface area contributed by atoms with Crippen LogP contribution in [0.4, 0.5) is 0 Å². The maximum atomic E-state index is 12.6. The third-order valence-corrected chi connectivity index (χ3v) is 4.62. The summed E-state index contributed by atoms with van der Waals surface area (Å²) in [6.07, 6.45) is 2.77. The Bertz CT molecular complexity index is 1020. The molecule has 2 aromatic carbocycles. The Hall–Kier alpha value is -2.10. The number of benzene rings is 2. The molecular formula is C18H12Cl2N2O. The fraction of sp³-hybridized carbons (Fsp3) is 0.111. The molecule has 0 saturated carbocycles. The van der Waals surface area contributed by atoms with Gasteiger partial charge < -0.3 is 0 Å². The summed E-state index contributed by atoms with van der Waals surface area (Å²) in [5.41, 5.74) is 2.57. The number of nitrogens with zero attached hydrogens (tertiary/aromatic N) is 2. The Kier molecular flexibility index (Phi) is 3.47. The molecule has 0 amide bonds. The molecule has 23 heavy (non-hydrogen) atoms. The number of allylic oxidation sites excluding steroid dienone is 1. The number of rotatable bonds is 1. The first-order chi connectivity index (χ1) is 11.1. The summed E-state index contributed by atoms with van der Waals surface area (Å²) in [5.74, 6) is 0.713. The molecular weight excluding hydrogens is 331 g/mol. The zero-order chi connectivity index (χ0) is 16.0. The van der Waals surface area contributed by atoms with Crippen LogP contribution in [0.3, 0.4) is 0 Å². The van der Waals surface area contributed by atoms with Crippen molar-refractivity contribution < 1.29 is 0 Å². The number of fused-ring (bicyclic) bond motifs is 2. The Labute approximate surface area is 142 Å². The second kappa shape index (κ2) is 5.52. The summed E-state index contributed by atoms with van der Waals surface area (Å²) in [7, 11) is 0. The van der Waals surface area contributed by atoms with Crippen LogP contribution < -0.4 is 5.56 Å². The van der Waals surface area contributed by atoms with Crippen LogP contribution in [0.1, 0.15) is 17.8 Å². The average Bonchev–Trinajstić information content (AvgIpc) is 2.94. The molecule has 0 atom stereocenters. The van der Waals surface area contributed by atoms with Crippen molar-refractivity contribution in [2.45, 2.75) is 13.0 Å². The van der Waals surface area contributed by atoms with Gasteiger partial charge in [0.25, 0.3) is 5.56 Å². The predicted octanol–water partition coefficient (Wildman–Crippen LogP) is 4.65. The van der Waals surface area contributed by atoms with E-state index in [1.807, 2.05) is 30.3 Å². The van der Waals surface area contributed by atoms with E-state index in [0.717, 1.165) is 17.6 Å². The van der Waals surface area contributed by atoms with Crippen LogP contribution in [0.25, 0.3) is 22.6 Å². The normalized spacial score (nSPS) is 15.3. The van der Waals surface area contributed by atoms with E-state index in [-0.39, 0.29) is 5.56 Å². The third-order valence-electron chi connectivity index (χ3n) is 4.04. The fourth-order valence-corrected chi connectivity index (χ4v) is 3.27. The van der Waals surface area contributed by atoms with Crippen LogP contribution in [-0.4, -0.2) is 9.55 Å². The van der Waals surface area contributed by atoms with Gasteiger partial charge in [-0.15, -0.1) is 0 Å². The highest BCUT2D eigenvalue weighted by Gasteiger charge is 2.21. The van der Waals surface area contributed by atoms with Crippen LogP contribution in [0.15, 0.2) is 47.3 Å². The smallest absolute Gasteiger partial charge is 0.261 e. The van der Waals surface area contributed by atoms with Gasteiger partial charge in [-0.3, -0.25) is 9.36 Å². The highest BCUT2D eigenvalue weighted by molar-refractivity contribution is 6.32. The van der Waals surface area contributed by atoms with Gasteiger partial charge >= 0.3 is 0 Å². The summed E-state index contributed by atoms with van der Waals surface area (Å²) in [6.45, 7) is 0.625. The summed E-state index contributed by atoms with van der Waals surface area (Å²) >= 11 is 12.2. The molecule has 0 aliphatic carbocycles. The number of aromatic nitrogens is 2. The minimum atomic E-state index is -0.0462. The zero-order valence-corrected chi connectivity index (χ0v) is 13.6. The van der Waals surface area contributed by atoms with E-state index in [1.165, 1.54) is 0 Å². The lowest BCUT2D eigenvalue weighted by Gasteiger charge is -2.06. The van der Waals surface area contributed by atoms with E-state index in [1.54, 1.807) is 22.8 Å². The van der Waals surface area contributed by atoms with Gasteiger partial charge in [0.1, 0.15) is 5.82 Å². The molecule has 0 bridgehead atoms.